The highest BCUT2D eigenvalue weighted by Gasteiger charge is 2.27. The largest absolute Gasteiger partial charge is 0.496 e. The first-order chi connectivity index (χ1) is 9.28. The molecule has 100 valence electrons. The van der Waals surface area contributed by atoms with Crippen LogP contribution in [0.15, 0.2) is 23.4 Å². The molecule has 1 aromatic heterocycles. The molecule has 0 radical (unpaired) electrons. The van der Waals surface area contributed by atoms with Crippen LogP contribution in [-0.4, -0.2) is 27.3 Å². The van der Waals surface area contributed by atoms with Gasteiger partial charge in [-0.25, -0.2) is 4.68 Å². The maximum atomic E-state index is 5.39. The van der Waals surface area contributed by atoms with Crippen LogP contribution in [0.4, 0.5) is 0 Å². The molecular weight excluding hydrogens is 260 g/mol. The van der Waals surface area contributed by atoms with Crippen molar-refractivity contribution < 1.29 is 4.74 Å². The average Bonchev–Trinajstić information content (AvgIpc) is 3.15. The minimum atomic E-state index is 0.511. The van der Waals surface area contributed by atoms with Crippen molar-refractivity contribution in [3.63, 3.8) is 0 Å². The summed E-state index contributed by atoms with van der Waals surface area (Å²) in [5, 5.41) is 12.8. The first-order valence-corrected chi connectivity index (χ1v) is 7.30. The quantitative estimate of drug-likeness (QED) is 0.786. The van der Waals surface area contributed by atoms with E-state index in [0.717, 1.165) is 16.7 Å². The van der Waals surface area contributed by atoms with Gasteiger partial charge in [0.25, 0.3) is 0 Å². The Balaban J connectivity index is 1.74. The van der Waals surface area contributed by atoms with Crippen molar-refractivity contribution in [2.45, 2.75) is 36.7 Å². The molecule has 0 N–H and O–H groups in total. The van der Waals surface area contributed by atoms with Gasteiger partial charge in [0.15, 0.2) is 0 Å². The third-order valence-electron chi connectivity index (χ3n) is 3.15. The van der Waals surface area contributed by atoms with E-state index in [1.165, 1.54) is 24.0 Å². The van der Waals surface area contributed by atoms with Crippen LogP contribution in [0.25, 0.3) is 0 Å². The molecule has 1 fully saturated rings. The maximum Gasteiger partial charge on any atom is 0.209 e. The maximum absolute atomic E-state index is 5.39. The summed E-state index contributed by atoms with van der Waals surface area (Å²) in [5.74, 6) is 1.74. The highest BCUT2D eigenvalue weighted by Crippen LogP contribution is 2.37. The van der Waals surface area contributed by atoms with Gasteiger partial charge in [0.2, 0.25) is 5.16 Å². The molecular formula is C13H16N4OS. The number of nitrogens with zero attached hydrogens (tertiary/aromatic N) is 4. The Kier molecular flexibility index (Phi) is 3.42. The number of methoxy groups -OCH3 is 1. The number of tetrazole rings is 1. The molecule has 0 bridgehead atoms. The van der Waals surface area contributed by atoms with Gasteiger partial charge in [-0.1, -0.05) is 29.5 Å². The number of hydrogen-bond acceptors (Lipinski definition) is 5. The molecule has 0 unspecified atom stereocenters. The Morgan fingerprint density at radius 3 is 3.00 bits per heavy atom. The van der Waals surface area contributed by atoms with E-state index in [1.807, 2.05) is 10.7 Å². The molecule has 0 aliphatic heterocycles. The average molecular weight is 276 g/mol. The van der Waals surface area contributed by atoms with Gasteiger partial charge in [-0.2, -0.15) is 0 Å². The Bertz CT molecular complexity index is 580. The minimum absolute atomic E-state index is 0.511. The molecule has 19 heavy (non-hydrogen) atoms. The highest BCUT2D eigenvalue weighted by molar-refractivity contribution is 7.98. The van der Waals surface area contributed by atoms with Gasteiger partial charge in [-0.05, 0) is 36.3 Å². The van der Waals surface area contributed by atoms with Crippen molar-refractivity contribution in [3.8, 4) is 5.75 Å². The molecule has 1 aromatic carbocycles. The first-order valence-electron chi connectivity index (χ1n) is 6.32. The van der Waals surface area contributed by atoms with E-state index in [4.69, 9.17) is 4.74 Å². The lowest BCUT2D eigenvalue weighted by atomic mass is 10.1. The summed E-state index contributed by atoms with van der Waals surface area (Å²) in [7, 11) is 1.70. The normalized spacial score (nSPS) is 14.6. The monoisotopic (exact) mass is 276 g/mol. The number of hydrogen-bond donors (Lipinski definition) is 0. The topological polar surface area (TPSA) is 52.8 Å². The van der Waals surface area contributed by atoms with E-state index in [0.29, 0.717) is 6.04 Å². The summed E-state index contributed by atoms with van der Waals surface area (Å²) in [6.07, 6.45) is 2.37. The second-order valence-electron chi connectivity index (χ2n) is 4.74. The summed E-state index contributed by atoms with van der Waals surface area (Å²) < 4.78 is 7.33. The van der Waals surface area contributed by atoms with E-state index in [2.05, 4.69) is 34.6 Å². The third-order valence-corrected chi connectivity index (χ3v) is 4.13. The Labute approximate surface area is 116 Å². The summed E-state index contributed by atoms with van der Waals surface area (Å²) in [6, 6.07) is 6.73. The van der Waals surface area contributed by atoms with E-state index in [1.54, 1.807) is 18.9 Å². The summed E-state index contributed by atoms with van der Waals surface area (Å²) in [6.45, 7) is 2.09. The van der Waals surface area contributed by atoms with Crippen LogP contribution < -0.4 is 4.74 Å². The molecule has 0 saturated heterocycles. The standard InChI is InChI=1S/C13H16N4OS/c1-9-3-6-12(18-2)10(7-9)8-19-13-14-15-16-17(13)11-4-5-11/h3,6-7,11H,4-5,8H2,1-2H3. The molecule has 1 saturated carbocycles. The first kappa shape index (κ1) is 12.5. The molecule has 3 rings (SSSR count). The zero-order valence-electron chi connectivity index (χ0n) is 11.0. The van der Waals surface area contributed by atoms with Gasteiger partial charge < -0.3 is 4.74 Å². The predicted molar refractivity (Wildman–Crippen MR) is 73.4 cm³/mol. The number of benzene rings is 1. The Hall–Kier alpha value is -1.56. The van der Waals surface area contributed by atoms with Crippen LogP contribution in [0.2, 0.25) is 0 Å². The molecule has 5 nitrogen and oxygen atoms in total. The van der Waals surface area contributed by atoms with E-state index in [9.17, 15) is 0 Å². The van der Waals surface area contributed by atoms with Crippen molar-refractivity contribution in [1.29, 1.82) is 0 Å². The van der Waals surface area contributed by atoms with Crippen molar-refractivity contribution in [1.82, 2.24) is 20.2 Å². The zero-order valence-corrected chi connectivity index (χ0v) is 11.9. The lowest BCUT2D eigenvalue weighted by Gasteiger charge is -2.09. The molecule has 1 heterocycles. The molecule has 0 amide bonds. The van der Waals surface area contributed by atoms with Crippen LogP contribution in [0, 0.1) is 6.92 Å². The minimum Gasteiger partial charge on any atom is -0.496 e. The Morgan fingerprint density at radius 1 is 1.42 bits per heavy atom. The lowest BCUT2D eigenvalue weighted by molar-refractivity contribution is 0.411. The van der Waals surface area contributed by atoms with Crippen molar-refractivity contribution in [2.24, 2.45) is 0 Å². The molecule has 6 heteroatoms. The smallest absolute Gasteiger partial charge is 0.209 e. The van der Waals surface area contributed by atoms with Gasteiger partial charge in [0.1, 0.15) is 5.75 Å². The van der Waals surface area contributed by atoms with E-state index >= 15 is 0 Å². The van der Waals surface area contributed by atoms with Crippen LogP contribution in [0.3, 0.4) is 0 Å². The lowest BCUT2D eigenvalue weighted by Crippen LogP contribution is -1.99. The fourth-order valence-electron chi connectivity index (χ4n) is 1.99. The summed E-state index contributed by atoms with van der Waals surface area (Å²) in [4.78, 5) is 0. The molecule has 2 aromatic rings. The SMILES string of the molecule is COc1ccc(C)cc1CSc1nnnn1C1CC1. The number of thioether (sulfide) groups is 1. The Morgan fingerprint density at radius 2 is 2.26 bits per heavy atom. The number of ether oxygens (including phenoxy) is 1. The van der Waals surface area contributed by atoms with Gasteiger partial charge in [0.05, 0.1) is 13.2 Å². The predicted octanol–water partition coefficient (Wildman–Crippen LogP) is 2.62. The van der Waals surface area contributed by atoms with Crippen molar-refractivity contribution in [3.05, 3.63) is 29.3 Å². The molecule has 0 atom stereocenters. The zero-order chi connectivity index (χ0) is 13.2. The molecule has 1 aliphatic carbocycles. The van der Waals surface area contributed by atoms with Crippen LogP contribution >= 0.6 is 11.8 Å². The molecule has 1 aliphatic rings. The van der Waals surface area contributed by atoms with Crippen LogP contribution in [-0.2, 0) is 5.75 Å². The third kappa shape index (κ3) is 2.73. The summed E-state index contributed by atoms with van der Waals surface area (Å²) in [5.41, 5.74) is 2.41. The highest BCUT2D eigenvalue weighted by atomic mass is 32.2. The fraction of sp³-hybridized carbons (Fsp3) is 0.462. The van der Waals surface area contributed by atoms with Gasteiger partial charge in [-0.15, -0.1) is 5.10 Å². The van der Waals surface area contributed by atoms with Crippen molar-refractivity contribution >= 4 is 11.8 Å². The van der Waals surface area contributed by atoms with E-state index in [-0.39, 0.29) is 0 Å². The number of aryl methyl sites for hydroxylation is 1. The number of rotatable bonds is 5. The molecule has 0 spiro atoms. The fourth-order valence-corrected chi connectivity index (χ4v) is 2.91. The van der Waals surface area contributed by atoms with Gasteiger partial charge in [-0.3, -0.25) is 0 Å². The second-order valence-corrected chi connectivity index (χ2v) is 5.68. The van der Waals surface area contributed by atoms with Gasteiger partial charge >= 0.3 is 0 Å². The van der Waals surface area contributed by atoms with E-state index < -0.39 is 0 Å². The van der Waals surface area contributed by atoms with Crippen molar-refractivity contribution in [2.75, 3.05) is 7.11 Å². The number of aromatic nitrogens is 4. The van der Waals surface area contributed by atoms with Gasteiger partial charge in [0, 0.05) is 11.3 Å². The second kappa shape index (κ2) is 5.21. The van der Waals surface area contributed by atoms with Crippen LogP contribution in [0.5, 0.6) is 5.75 Å². The summed E-state index contributed by atoms with van der Waals surface area (Å²) >= 11 is 1.66. The van der Waals surface area contributed by atoms with Crippen LogP contribution in [0.1, 0.15) is 30.0 Å².